The third-order valence-corrected chi connectivity index (χ3v) is 5.88. The SMILES string of the molecule is Cc1ccc(NC(=O)c2cc(-c3cccn4c(-c5cccc(C)n5)cnc34)ccc2C(F)(F)F)cc1. The summed E-state index contributed by atoms with van der Waals surface area (Å²) in [6.07, 6.45) is -1.20. The second-order valence-corrected chi connectivity index (χ2v) is 8.50. The van der Waals surface area contributed by atoms with E-state index in [2.05, 4.69) is 15.3 Å². The number of amides is 1. The van der Waals surface area contributed by atoms with Gasteiger partial charge in [0.1, 0.15) is 5.65 Å². The van der Waals surface area contributed by atoms with Crippen LogP contribution in [0.15, 0.2) is 85.2 Å². The largest absolute Gasteiger partial charge is 0.417 e. The van der Waals surface area contributed by atoms with Crippen LogP contribution in [0.5, 0.6) is 0 Å². The minimum absolute atomic E-state index is 0.412. The fraction of sp³-hybridized carbons (Fsp3) is 0.107. The quantitative estimate of drug-likeness (QED) is 0.299. The van der Waals surface area contributed by atoms with Crippen molar-refractivity contribution in [1.82, 2.24) is 14.4 Å². The van der Waals surface area contributed by atoms with Crippen LogP contribution in [0.2, 0.25) is 0 Å². The van der Waals surface area contributed by atoms with Crippen LogP contribution in [0.3, 0.4) is 0 Å². The van der Waals surface area contributed by atoms with Crippen LogP contribution in [0.25, 0.3) is 28.2 Å². The summed E-state index contributed by atoms with van der Waals surface area (Å²) in [4.78, 5) is 22.1. The topological polar surface area (TPSA) is 59.3 Å². The maximum absolute atomic E-state index is 13.8. The van der Waals surface area contributed by atoms with Gasteiger partial charge < -0.3 is 5.32 Å². The second-order valence-electron chi connectivity index (χ2n) is 8.50. The lowest BCUT2D eigenvalue weighted by atomic mass is 9.98. The number of benzene rings is 2. The summed E-state index contributed by atoms with van der Waals surface area (Å²) in [5, 5.41) is 2.58. The maximum atomic E-state index is 13.8. The number of pyridine rings is 2. The van der Waals surface area contributed by atoms with Crippen molar-refractivity contribution in [1.29, 1.82) is 0 Å². The van der Waals surface area contributed by atoms with Gasteiger partial charge >= 0.3 is 6.18 Å². The molecule has 8 heteroatoms. The molecule has 0 aliphatic heterocycles. The number of imidazole rings is 1. The zero-order valence-electron chi connectivity index (χ0n) is 19.5. The molecule has 0 fully saturated rings. The number of rotatable bonds is 4. The van der Waals surface area contributed by atoms with Gasteiger partial charge in [0.25, 0.3) is 5.91 Å². The van der Waals surface area contributed by atoms with Crippen molar-refractivity contribution in [2.24, 2.45) is 0 Å². The van der Waals surface area contributed by atoms with E-state index in [1.54, 1.807) is 42.6 Å². The third kappa shape index (κ3) is 4.45. The smallest absolute Gasteiger partial charge is 0.322 e. The Morgan fingerprint density at radius 2 is 1.72 bits per heavy atom. The molecule has 0 spiro atoms. The lowest BCUT2D eigenvalue weighted by Crippen LogP contribution is -2.19. The van der Waals surface area contributed by atoms with E-state index in [0.29, 0.717) is 22.5 Å². The third-order valence-electron chi connectivity index (χ3n) is 5.88. The molecule has 0 atom stereocenters. The summed E-state index contributed by atoms with van der Waals surface area (Å²) < 4.78 is 43.3. The van der Waals surface area contributed by atoms with Gasteiger partial charge in [-0.2, -0.15) is 13.2 Å². The Morgan fingerprint density at radius 3 is 2.44 bits per heavy atom. The summed E-state index contributed by atoms with van der Waals surface area (Å²) in [6, 6.07) is 19.6. The predicted molar refractivity (Wildman–Crippen MR) is 133 cm³/mol. The first kappa shape index (κ1) is 23.3. The van der Waals surface area contributed by atoms with Crippen LogP contribution in [0, 0.1) is 13.8 Å². The van der Waals surface area contributed by atoms with Crippen LogP contribution >= 0.6 is 0 Å². The zero-order valence-corrected chi connectivity index (χ0v) is 19.5. The van der Waals surface area contributed by atoms with Crippen LogP contribution in [0.4, 0.5) is 18.9 Å². The number of nitrogens with one attached hydrogen (secondary N) is 1. The lowest BCUT2D eigenvalue weighted by molar-refractivity contribution is -0.137. The van der Waals surface area contributed by atoms with Gasteiger partial charge in [0.2, 0.25) is 0 Å². The average molecular weight is 486 g/mol. The van der Waals surface area contributed by atoms with Crippen molar-refractivity contribution in [2.75, 3.05) is 5.32 Å². The molecule has 0 aliphatic rings. The highest BCUT2D eigenvalue weighted by Crippen LogP contribution is 2.36. The molecule has 1 amide bonds. The summed E-state index contributed by atoms with van der Waals surface area (Å²) >= 11 is 0. The zero-order chi connectivity index (χ0) is 25.4. The number of alkyl halides is 3. The van der Waals surface area contributed by atoms with Crippen LogP contribution in [0.1, 0.15) is 27.2 Å². The van der Waals surface area contributed by atoms with Gasteiger partial charge in [-0.15, -0.1) is 0 Å². The fourth-order valence-corrected chi connectivity index (χ4v) is 4.09. The van der Waals surface area contributed by atoms with E-state index in [4.69, 9.17) is 0 Å². The van der Waals surface area contributed by atoms with E-state index in [9.17, 15) is 18.0 Å². The standard InChI is InChI=1S/C28H21F3N4O/c1-17-8-11-20(12-9-17)34-27(36)22-15-19(10-13-23(22)28(29,30)31)21-6-4-14-35-25(16-32-26(21)35)24-7-3-5-18(2)33-24/h3-16H,1-2H3,(H,34,36). The molecule has 180 valence electrons. The number of aryl methyl sites for hydroxylation is 2. The summed E-state index contributed by atoms with van der Waals surface area (Å²) in [6.45, 7) is 3.77. The first-order valence-electron chi connectivity index (χ1n) is 11.2. The highest BCUT2D eigenvalue weighted by atomic mass is 19.4. The van der Waals surface area contributed by atoms with Crippen molar-refractivity contribution < 1.29 is 18.0 Å². The Hall–Kier alpha value is -4.46. The van der Waals surface area contributed by atoms with E-state index in [-0.39, 0.29) is 0 Å². The van der Waals surface area contributed by atoms with Crippen LogP contribution < -0.4 is 5.32 Å². The number of anilines is 1. The van der Waals surface area contributed by atoms with Crippen molar-refractivity contribution in [3.8, 4) is 22.5 Å². The molecule has 5 rings (SSSR count). The lowest BCUT2D eigenvalue weighted by Gasteiger charge is -2.15. The Bertz CT molecular complexity index is 1590. The number of hydrogen-bond acceptors (Lipinski definition) is 3. The molecule has 0 saturated heterocycles. The van der Waals surface area contributed by atoms with E-state index < -0.39 is 23.2 Å². The fourth-order valence-electron chi connectivity index (χ4n) is 4.09. The van der Waals surface area contributed by atoms with Gasteiger partial charge in [0, 0.05) is 23.1 Å². The summed E-state index contributed by atoms with van der Waals surface area (Å²) in [5.41, 5.74) is 3.82. The first-order valence-corrected chi connectivity index (χ1v) is 11.2. The molecular formula is C28H21F3N4O. The Balaban J connectivity index is 1.60. The number of halogens is 3. The molecule has 0 radical (unpaired) electrons. The van der Waals surface area contributed by atoms with Crippen molar-refractivity contribution in [3.05, 3.63) is 108 Å². The minimum Gasteiger partial charge on any atom is -0.322 e. The molecule has 5 nitrogen and oxygen atoms in total. The van der Waals surface area contributed by atoms with Crippen molar-refractivity contribution in [3.63, 3.8) is 0 Å². The number of fused-ring (bicyclic) bond motifs is 1. The van der Waals surface area contributed by atoms with Gasteiger partial charge in [-0.1, -0.05) is 29.8 Å². The highest BCUT2D eigenvalue weighted by molar-refractivity contribution is 6.06. The summed E-state index contributed by atoms with van der Waals surface area (Å²) in [7, 11) is 0. The van der Waals surface area contributed by atoms with E-state index in [1.165, 1.54) is 12.1 Å². The predicted octanol–water partition coefficient (Wildman–Crippen LogP) is 6.95. The molecular weight excluding hydrogens is 465 g/mol. The number of carbonyl (C=O) groups is 1. The van der Waals surface area contributed by atoms with E-state index in [0.717, 1.165) is 28.7 Å². The van der Waals surface area contributed by atoms with Gasteiger partial charge in [-0.25, -0.2) is 4.98 Å². The van der Waals surface area contributed by atoms with E-state index in [1.807, 2.05) is 42.6 Å². The molecule has 3 heterocycles. The second kappa shape index (κ2) is 8.96. The molecule has 36 heavy (non-hydrogen) atoms. The summed E-state index contributed by atoms with van der Waals surface area (Å²) in [5.74, 6) is -0.840. The van der Waals surface area contributed by atoms with Gasteiger partial charge in [0.05, 0.1) is 28.7 Å². The number of nitrogens with zero attached hydrogens (tertiary/aromatic N) is 3. The van der Waals surface area contributed by atoms with Gasteiger partial charge in [-0.3, -0.25) is 14.2 Å². The molecule has 3 aromatic heterocycles. The average Bonchev–Trinajstić information content (AvgIpc) is 3.29. The molecule has 5 aromatic rings. The molecule has 0 saturated carbocycles. The Morgan fingerprint density at radius 1 is 0.944 bits per heavy atom. The van der Waals surface area contributed by atoms with Gasteiger partial charge in [-0.05, 0) is 67.9 Å². The minimum atomic E-state index is -4.69. The monoisotopic (exact) mass is 486 g/mol. The molecule has 0 bridgehead atoms. The van der Waals surface area contributed by atoms with Crippen LogP contribution in [-0.4, -0.2) is 20.3 Å². The van der Waals surface area contributed by atoms with Crippen molar-refractivity contribution >= 4 is 17.2 Å². The molecule has 1 N–H and O–H groups in total. The van der Waals surface area contributed by atoms with Crippen molar-refractivity contribution in [2.45, 2.75) is 20.0 Å². The maximum Gasteiger partial charge on any atom is 0.417 e. The van der Waals surface area contributed by atoms with Crippen LogP contribution in [-0.2, 0) is 6.18 Å². The molecule has 0 aliphatic carbocycles. The van der Waals surface area contributed by atoms with Gasteiger partial charge in [0.15, 0.2) is 0 Å². The Kier molecular flexibility index (Phi) is 5.80. The normalized spacial score (nSPS) is 11.6. The number of carbonyl (C=O) groups excluding carboxylic acids is 1. The molecule has 0 unspecified atom stereocenters. The number of hydrogen-bond donors (Lipinski definition) is 1. The number of aromatic nitrogens is 3. The highest BCUT2D eigenvalue weighted by Gasteiger charge is 2.35. The first-order chi connectivity index (χ1) is 17.2. The Labute approximate surface area is 205 Å². The van der Waals surface area contributed by atoms with E-state index >= 15 is 0 Å². The molecule has 2 aromatic carbocycles.